The van der Waals surface area contributed by atoms with Crippen LogP contribution >= 0.6 is 0 Å². The van der Waals surface area contributed by atoms with Crippen molar-refractivity contribution in [1.82, 2.24) is 24.8 Å². The number of halogens is 1. The van der Waals surface area contributed by atoms with Crippen LogP contribution in [0, 0.1) is 5.82 Å². The van der Waals surface area contributed by atoms with Crippen molar-refractivity contribution in [1.29, 1.82) is 0 Å². The van der Waals surface area contributed by atoms with Crippen LogP contribution in [0.3, 0.4) is 0 Å². The summed E-state index contributed by atoms with van der Waals surface area (Å²) in [6.45, 7) is 2.69. The molecule has 0 bridgehead atoms. The molecule has 0 spiro atoms. The zero-order valence-electron chi connectivity index (χ0n) is 14.9. The van der Waals surface area contributed by atoms with E-state index in [1.54, 1.807) is 36.6 Å². The van der Waals surface area contributed by atoms with Crippen LogP contribution in [0.15, 0.2) is 35.2 Å². The molecular weight excluding hydrogens is 351 g/mol. The fraction of sp³-hybridized carbons (Fsp3) is 0.333. The number of fused-ring (bicyclic) bond motifs is 3. The zero-order valence-corrected chi connectivity index (χ0v) is 14.9. The molecule has 9 heteroatoms. The van der Waals surface area contributed by atoms with Crippen LogP contribution in [-0.4, -0.2) is 45.8 Å². The summed E-state index contributed by atoms with van der Waals surface area (Å²) in [5, 5.41) is 8.44. The second kappa shape index (κ2) is 5.54. The van der Waals surface area contributed by atoms with Gasteiger partial charge in [-0.1, -0.05) is 11.3 Å². The van der Waals surface area contributed by atoms with E-state index in [1.165, 1.54) is 15.6 Å². The van der Waals surface area contributed by atoms with Crippen LogP contribution in [0.1, 0.15) is 35.8 Å². The average Bonchev–Trinajstić information content (AvgIpc) is 3.38. The van der Waals surface area contributed by atoms with Crippen LogP contribution in [0.5, 0.6) is 0 Å². The van der Waals surface area contributed by atoms with Gasteiger partial charge in [-0.15, -0.1) is 5.10 Å². The second-order valence-electron chi connectivity index (χ2n) is 6.99. The molecule has 1 fully saturated rings. The van der Waals surface area contributed by atoms with Crippen LogP contribution in [0.4, 0.5) is 10.1 Å². The van der Waals surface area contributed by atoms with Crippen molar-refractivity contribution in [3.05, 3.63) is 47.3 Å². The van der Waals surface area contributed by atoms with Gasteiger partial charge in [0.15, 0.2) is 0 Å². The number of anilines is 1. The van der Waals surface area contributed by atoms with Gasteiger partial charge in [-0.3, -0.25) is 9.69 Å². The van der Waals surface area contributed by atoms with Crippen LogP contribution in [-0.2, 0) is 10.3 Å². The molecule has 1 radical (unpaired) electrons. The maximum atomic E-state index is 14.2. The van der Waals surface area contributed by atoms with Gasteiger partial charge in [-0.05, 0) is 30.7 Å². The lowest BCUT2D eigenvalue weighted by atomic mass is 10.00. The lowest BCUT2D eigenvalue weighted by Gasteiger charge is -2.24. The van der Waals surface area contributed by atoms with E-state index in [0.717, 1.165) is 18.5 Å². The van der Waals surface area contributed by atoms with Crippen molar-refractivity contribution < 1.29 is 13.9 Å². The van der Waals surface area contributed by atoms with E-state index in [0.29, 0.717) is 23.9 Å². The van der Waals surface area contributed by atoms with Crippen molar-refractivity contribution in [2.75, 3.05) is 13.7 Å². The summed E-state index contributed by atoms with van der Waals surface area (Å²) in [6, 6.07) is 4.54. The first kappa shape index (κ1) is 16.3. The molecule has 4 heterocycles. The van der Waals surface area contributed by atoms with E-state index in [4.69, 9.17) is 4.74 Å². The molecular formula is C18H17FN6O2+. The first-order chi connectivity index (χ1) is 13.0. The van der Waals surface area contributed by atoms with Gasteiger partial charge in [-0.2, -0.15) is 9.67 Å². The normalized spacial score (nSPS) is 24.7. The number of carbonyl (C=O) groups is 1. The Labute approximate surface area is 154 Å². The smallest absolute Gasteiger partial charge is 0.318 e. The number of ether oxygens (including phenoxy) is 1. The highest BCUT2D eigenvalue weighted by atomic mass is 19.1. The molecule has 1 aromatic carbocycles. The summed E-state index contributed by atoms with van der Waals surface area (Å²) < 4.78 is 21.6. The van der Waals surface area contributed by atoms with Crippen molar-refractivity contribution in [2.45, 2.75) is 25.4 Å². The molecule has 3 aliphatic rings. The number of carbonyl (C=O) groups excluding carboxylic acids is 1. The number of hydrogen-bond donors (Lipinski definition) is 0. The summed E-state index contributed by atoms with van der Waals surface area (Å²) >= 11 is 0. The number of aliphatic imine (C=N–C) groups is 1. The van der Waals surface area contributed by atoms with Crippen LogP contribution in [0.2, 0.25) is 0 Å². The molecule has 1 atom stereocenters. The molecule has 1 amide bonds. The molecule has 5 rings (SSSR count). The van der Waals surface area contributed by atoms with E-state index in [-0.39, 0.29) is 5.56 Å². The predicted molar refractivity (Wildman–Crippen MR) is 94.6 cm³/mol. The quantitative estimate of drug-likeness (QED) is 0.761. The lowest BCUT2D eigenvalue weighted by Crippen LogP contribution is -2.42. The standard InChI is InChI=1S/C18H17FN6O2/c1-18(7-4-8-27-18)13-9-25(22-21-13)15-16-23(2)17(26)14-11(19)5-3-6-12(14)24(16)10-20-15/h3,5-6,9-10H,4,7-8H2,1-2H3/q+1. The summed E-state index contributed by atoms with van der Waals surface area (Å²) in [5.74, 6) is -0.0310. The Bertz CT molecular complexity index is 1020. The van der Waals surface area contributed by atoms with Gasteiger partial charge in [0.2, 0.25) is 11.5 Å². The van der Waals surface area contributed by atoms with Gasteiger partial charge in [0.25, 0.3) is 12.2 Å². The van der Waals surface area contributed by atoms with Gasteiger partial charge in [-0.25, -0.2) is 4.39 Å². The summed E-state index contributed by atoms with van der Waals surface area (Å²) in [6.07, 6.45) is 5.18. The van der Waals surface area contributed by atoms with Crippen molar-refractivity contribution in [3.63, 3.8) is 0 Å². The number of rotatable bonds is 2. The molecule has 0 saturated carbocycles. The third kappa shape index (κ3) is 2.22. The first-order valence-corrected chi connectivity index (χ1v) is 8.71. The third-order valence-corrected chi connectivity index (χ3v) is 5.28. The SMILES string of the molecule is CN1C(=O)c2c(F)cccc2[N+]2C=NC(n3cc(C4(C)CCCO4)nn3)=C12. The number of amides is 1. The predicted octanol–water partition coefficient (Wildman–Crippen LogP) is 2.13. The Hall–Kier alpha value is -2.91. The van der Waals surface area contributed by atoms with Crippen molar-refractivity contribution in [3.8, 4) is 0 Å². The third-order valence-electron chi connectivity index (χ3n) is 5.28. The zero-order chi connectivity index (χ0) is 18.8. The molecule has 8 nitrogen and oxygen atoms in total. The van der Waals surface area contributed by atoms with Gasteiger partial charge in [0.05, 0.1) is 6.20 Å². The minimum absolute atomic E-state index is 0.0302. The maximum absolute atomic E-state index is 14.2. The van der Waals surface area contributed by atoms with E-state index < -0.39 is 17.3 Å². The molecule has 1 saturated heterocycles. The Morgan fingerprint density at radius 1 is 1.37 bits per heavy atom. The van der Waals surface area contributed by atoms with E-state index in [1.807, 2.05) is 6.92 Å². The fourth-order valence-electron chi connectivity index (χ4n) is 3.76. The topological polar surface area (TPSA) is 78.5 Å². The first-order valence-electron chi connectivity index (χ1n) is 8.71. The summed E-state index contributed by atoms with van der Waals surface area (Å²) in [5.41, 5.74) is 0.744. The Kier molecular flexibility index (Phi) is 3.34. The minimum Gasteiger partial charge on any atom is -0.369 e. The van der Waals surface area contributed by atoms with E-state index in [2.05, 4.69) is 15.3 Å². The van der Waals surface area contributed by atoms with E-state index >= 15 is 0 Å². The number of hydrogen-bond acceptors (Lipinski definition) is 6. The molecule has 1 unspecified atom stereocenters. The Morgan fingerprint density at radius 3 is 3.00 bits per heavy atom. The molecule has 1 aromatic heterocycles. The Balaban J connectivity index is 1.61. The fourth-order valence-corrected chi connectivity index (χ4v) is 3.76. The van der Waals surface area contributed by atoms with Crippen molar-refractivity contribution in [2.24, 2.45) is 4.99 Å². The Morgan fingerprint density at radius 2 is 2.22 bits per heavy atom. The maximum Gasteiger partial charge on any atom is 0.318 e. The number of aromatic nitrogens is 3. The van der Waals surface area contributed by atoms with Gasteiger partial charge < -0.3 is 4.74 Å². The summed E-state index contributed by atoms with van der Waals surface area (Å²) in [4.78, 5) is 20.2. The number of benzene rings is 1. The van der Waals surface area contributed by atoms with Crippen molar-refractivity contribution >= 4 is 23.8 Å². The van der Waals surface area contributed by atoms with E-state index in [9.17, 15) is 9.18 Å². The lowest BCUT2D eigenvalue weighted by molar-refractivity contribution is 0.0131. The van der Waals surface area contributed by atoms with Gasteiger partial charge in [0, 0.05) is 19.7 Å². The average molecular weight is 368 g/mol. The second-order valence-corrected chi connectivity index (χ2v) is 6.99. The van der Waals surface area contributed by atoms with Gasteiger partial charge in [0.1, 0.15) is 22.7 Å². The molecule has 0 aliphatic carbocycles. The minimum atomic E-state index is -0.556. The van der Waals surface area contributed by atoms with Gasteiger partial charge >= 0.3 is 5.82 Å². The molecule has 137 valence electrons. The van der Waals surface area contributed by atoms with Crippen LogP contribution in [0.25, 0.3) is 5.82 Å². The molecule has 0 N–H and O–H groups in total. The summed E-state index contributed by atoms with van der Waals surface area (Å²) in [7, 11) is 1.59. The monoisotopic (exact) mass is 368 g/mol. The highest BCUT2D eigenvalue weighted by molar-refractivity contribution is 6.06. The largest absolute Gasteiger partial charge is 0.369 e. The number of nitrogens with zero attached hydrogens (tertiary/aromatic N) is 6. The highest BCUT2D eigenvalue weighted by Gasteiger charge is 2.48. The molecule has 3 aliphatic heterocycles. The van der Waals surface area contributed by atoms with Crippen LogP contribution < -0.4 is 4.90 Å². The highest BCUT2D eigenvalue weighted by Crippen LogP contribution is 2.38. The molecule has 2 aromatic rings. The molecule has 27 heavy (non-hydrogen) atoms.